The molecule has 0 aromatic heterocycles. The van der Waals surface area contributed by atoms with Crippen LogP contribution >= 0.6 is 0 Å². The van der Waals surface area contributed by atoms with E-state index in [9.17, 15) is 9.59 Å². The summed E-state index contributed by atoms with van der Waals surface area (Å²) in [6.45, 7) is 8.71. The van der Waals surface area contributed by atoms with Gasteiger partial charge in [0.1, 0.15) is 0 Å². The van der Waals surface area contributed by atoms with E-state index in [4.69, 9.17) is 0 Å². The molecule has 0 atom stereocenters. The van der Waals surface area contributed by atoms with Crippen molar-refractivity contribution in [1.29, 1.82) is 0 Å². The third kappa shape index (κ3) is 6.83. The minimum absolute atomic E-state index is 0.00124. The lowest BCUT2D eigenvalue weighted by Crippen LogP contribution is -2.45. The molecule has 182 valence electrons. The van der Waals surface area contributed by atoms with E-state index in [0.717, 1.165) is 38.4 Å². The number of hydrogen-bond acceptors (Lipinski definition) is 4. The summed E-state index contributed by atoms with van der Waals surface area (Å²) in [6, 6.07) is 25.2. The first-order valence-corrected chi connectivity index (χ1v) is 12.1. The zero-order chi connectivity index (χ0) is 24.6. The molecule has 3 aromatic rings. The standard InChI is InChI=1S/C28H33N5O2/c1-21(2)29-28(35)31-26-11-7-6-10-25(26)27(34)30-23-12-14-24(15-13-23)33-18-16-32(17-19-33)20-22-8-4-3-5-9-22/h3-15,21H,16-20H2,1-2H3,(H,30,34)(H2,29,31,35). The number of para-hydroxylation sites is 1. The molecule has 0 spiro atoms. The minimum atomic E-state index is -0.339. The molecule has 7 nitrogen and oxygen atoms in total. The normalized spacial score (nSPS) is 14.0. The number of nitrogens with one attached hydrogen (secondary N) is 3. The van der Waals surface area contributed by atoms with Crippen LogP contribution in [0.15, 0.2) is 78.9 Å². The summed E-state index contributed by atoms with van der Waals surface area (Å²) in [4.78, 5) is 29.9. The Bertz CT molecular complexity index is 1120. The van der Waals surface area contributed by atoms with E-state index < -0.39 is 0 Å². The van der Waals surface area contributed by atoms with Gasteiger partial charge in [-0.05, 0) is 55.8 Å². The van der Waals surface area contributed by atoms with Crippen LogP contribution in [0.3, 0.4) is 0 Å². The highest BCUT2D eigenvalue weighted by molar-refractivity contribution is 6.10. The van der Waals surface area contributed by atoms with Gasteiger partial charge in [-0.15, -0.1) is 0 Å². The number of anilines is 3. The van der Waals surface area contributed by atoms with Gasteiger partial charge in [-0.25, -0.2) is 4.79 Å². The number of carbonyl (C=O) groups is 2. The Morgan fingerprint density at radius 1 is 0.800 bits per heavy atom. The molecule has 1 saturated heterocycles. The summed E-state index contributed by atoms with van der Waals surface area (Å²) in [7, 11) is 0. The maximum absolute atomic E-state index is 12.9. The first kappa shape index (κ1) is 24.3. The van der Waals surface area contributed by atoms with Gasteiger partial charge in [-0.3, -0.25) is 9.69 Å². The van der Waals surface area contributed by atoms with Crippen LogP contribution in [0.2, 0.25) is 0 Å². The Balaban J connectivity index is 1.32. The van der Waals surface area contributed by atoms with Crippen molar-refractivity contribution in [3.05, 3.63) is 90.0 Å². The van der Waals surface area contributed by atoms with Crippen LogP contribution in [0.1, 0.15) is 29.8 Å². The van der Waals surface area contributed by atoms with Crippen molar-refractivity contribution in [1.82, 2.24) is 10.2 Å². The smallest absolute Gasteiger partial charge is 0.319 e. The molecule has 0 saturated carbocycles. The second-order valence-electron chi connectivity index (χ2n) is 9.05. The fourth-order valence-corrected chi connectivity index (χ4v) is 4.17. The molecule has 0 radical (unpaired) electrons. The zero-order valence-electron chi connectivity index (χ0n) is 20.3. The number of benzene rings is 3. The lowest BCUT2D eigenvalue weighted by atomic mass is 10.1. The summed E-state index contributed by atoms with van der Waals surface area (Å²) in [5, 5.41) is 8.47. The molecule has 3 N–H and O–H groups in total. The Hall–Kier alpha value is -3.84. The topological polar surface area (TPSA) is 76.7 Å². The van der Waals surface area contributed by atoms with E-state index in [1.807, 2.05) is 38.1 Å². The third-order valence-corrected chi connectivity index (χ3v) is 5.95. The number of nitrogens with zero attached hydrogens (tertiary/aromatic N) is 2. The van der Waals surface area contributed by atoms with Gasteiger partial charge >= 0.3 is 6.03 Å². The fourth-order valence-electron chi connectivity index (χ4n) is 4.17. The summed E-state index contributed by atoms with van der Waals surface area (Å²) >= 11 is 0. The van der Waals surface area contributed by atoms with Crippen LogP contribution < -0.4 is 20.9 Å². The summed E-state index contributed by atoms with van der Waals surface area (Å²) in [6.07, 6.45) is 0. The van der Waals surface area contributed by atoms with Crippen LogP contribution in [0.4, 0.5) is 21.9 Å². The Morgan fingerprint density at radius 2 is 1.46 bits per heavy atom. The van der Waals surface area contributed by atoms with Crippen molar-refractivity contribution in [2.24, 2.45) is 0 Å². The highest BCUT2D eigenvalue weighted by Gasteiger charge is 2.18. The molecule has 1 heterocycles. The van der Waals surface area contributed by atoms with Crippen LogP contribution in [0.25, 0.3) is 0 Å². The highest BCUT2D eigenvalue weighted by Crippen LogP contribution is 2.22. The van der Waals surface area contributed by atoms with E-state index in [2.05, 4.69) is 56.1 Å². The van der Waals surface area contributed by atoms with Gasteiger partial charge < -0.3 is 20.9 Å². The molecule has 3 amide bonds. The monoisotopic (exact) mass is 471 g/mol. The lowest BCUT2D eigenvalue weighted by Gasteiger charge is -2.36. The van der Waals surface area contributed by atoms with Crippen molar-refractivity contribution in [2.75, 3.05) is 41.7 Å². The molecule has 0 unspecified atom stereocenters. The number of hydrogen-bond donors (Lipinski definition) is 3. The van der Waals surface area contributed by atoms with Gasteiger partial charge in [0.05, 0.1) is 11.3 Å². The van der Waals surface area contributed by atoms with Gasteiger partial charge in [0.25, 0.3) is 5.91 Å². The van der Waals surface area contributed by atoms with Crippen molar-refractivity contribution in [2.45, 2.75) is 26.4 Å². The van der Waals surface area contributed by atoms with E-state index in [1.165, 1.54) is 5.56 Å². The first-order chi connectivity index (χ1) is 17.0. The predicted octanol–water partition coefficient (Wildman–Crippen LogP) is 4.79. The molecule has 7 heteroatoms. The maximum atomic E-state index is 12.9. The van der Waals surface area contributed by atoms with Gasteiger partial charge in [0.2, 0.25) is 0 Å². The Kier molecular flexibility index (Phi) is 8.00. The lowest BCUT2D eigenvalue weighted by molar-refractivity contribution is 0.102. The average Bonchev–Trinajstić information content (AvgIpc) is 2.85. The van der Waals surface area contributed by atoms with Crippen LogP contribution in [-0.2, 0) is 6.54 Å². The molecular formula is C28H33N5O2. The second-order valence-corrected chi connectivity index (χ2v) is 9.05. The molecule has 1 fully saturated rings. The number of rotatable bonds is 7. The minimum Gasteiger partial charge on any atom is -0.369 e. The first-order valence-electron chi connectivity index (χ1n) is 12.1. The van der Waals surface area contributed by atoms with Crippen molar-refractivity contribution in [3.8, 4) is 0 Å². The van der Waals surface area contributed by atoms with Gasteiger partial charge in [0.15, 0.2) is 0 Å². The second kappa shape index (κ2) is 11.5. The van der Waals surface area contributed by atoms with Crippen LogP contribution in [-0.4, -0.2) is 49.1 Å². The summed E-state index contributed by atoms with van der Waals surface area (Å²) in [5.41, 5.74) is 4.08. The molecule has 4 rings (SSSR count). The van der Waals surface area contributed by atoms with Gasteiger partial charge in [-0.1, -0.05) is 42.5 Å². The Labute approximate surface area is 207 Å². The van der Waals surface area contributed by atoms with E-state index in [-0.39, 0.29) is 18.0 Å². The fraction of sp³-hybridized carbons (Fsp3) is 0.286. The van der Waals surface area contributed by atoms with Crippen molar-refractivity contribution >= 4 is 29.0 Å². The number of carbonyl (C=O) groups excluding carboxylic acids is 2. The largest absolute Gasteiger partial charge is 0.369 e. The number of piperazine rings is 1. The van der Waals surface area contributed by atoms with Gasteiger partial charge in [-0.2, -0.15) is 0 Å². The van der Waals surface area contributed by atoms with E-state index >= 15 is 0 Å². The third-order valence-electron chi connectivity index (χ3n) is 5.95. The van der Waals surface area contributed by atoms with E-state index in [1.54, 1.807) is 24.3 Å². The van der Waals surface area contributed by atoms with E-state index in [0.29, 0.717) is 16.9 Å². The predicted molar refractivity (Wildman–Crippen MR) is 142 cm³/mol. The molecule has 1 aliphatic heterocycles. The van der Waals surface area contributed by atoms with Crippen molar-refractivity contribution in [3.63, 3.8) is 0 Å². The van der Waals surface area contributed by atoms with Crippen molar-refractivity contribution < 1.29 is 9.59 Å². The molecule has 0 aliphatic carbocycles. The molecule has 35 heavy (non-hydrogen) atoms. The van der Waals surface area contributed by atoms with Gasteiger partial charge in [0, 0.05) is 50.1 Å². The summed E-state index contributed by atoms with van der Waals surface area (Å²) < 4.78 is 0. The quantitative estimate of drug-likeness (QED) is 0.463. The zero-order valence-corrected chi connectivity index (χ0v) is 20.3. The Morgan fingerprint density at radius 3 is 2.14 bits per heavy atom. The number of amides is 3. The SMILES string of the molecule is CC(C)NC(=O)Nc1ccccc1C(=O)Nc1ccc(N2CCN(Cc3ccccc3)CC2)cc1. The maximum Gasteiger partial charge on any atom is 0.319 e. The van der Waals surface area contributed by atoms with Crippen LogP contribution in [0.5, 0.6) is 0 Å². The number of urea groups is 1. The average molecular weight is 472 g/mol. The molecular weight excluding hydrogens is 438 g/mol. The molecule has 3 aromatic carbocycles. The molecule has 0 bridgehead atoms. The highest BCUT2D eigenvalue weighted by atomic mass is 16.2. The summed E-state index contributed by atoms with van der Waals surface area (Å²) in [5.74, 6) is -0.271. The molecule has 1 aliphatic rings. The van der Waals surface area contributed by atoms with Crippen LogP contribution in [0, 0.1) is 0 Å².